The largest absolute Gasteiger partial charge is 0.497 e. The number of thioether (sulfide) groups is 1. The molecule has 4 aromatic carbocycles. The monoisotopic (exact) mass is 534 g/mol. The molecule has 37 heavy (non-hydrogen) atoms. The Hall–Kier alpha value is -3.95. The number of hydrogen-bond acceptors (Lipinski definition) is 6. The molecule has 4 rings (SSSR count). The third-order valence-corrected chi connectivity index (χ3v) is 7.97. The van der Waals surface area contributed by atoms with Crippen molar-refractivity contribution in [1.82, 2.24) is 0 Å². The third kappa shape index (κ3) is 6.63. The van der Waals surface area contributed by atoms with E-state index in [-0.39, 0.29) is 16.5 Å². The number of amides is 1. The lowest BCUT2D eigenvalue weighted by Crippen LogP contribution is -2.15. The normalized spacial score (nSPS) is 11.0. The Balaban J connectivity index is 1.45. The highest BCUT2D eigenvalue weighted by Crippen LogP contribution is 2.31. The van der Waals surface area contributed by atoms with E-state index >= 15 is 0 Å². The smallest absolute Gasteiger partial charge is 0.262 e. The van der Waals surface area contributed by atoms with Crippen LogP contribution in [0.2, 0.25) is 0 Å². The summed E-state index contributed by atoms with van der Waals surface area (Å²) >= 11 is 1.58. The molecule has 190 valence electrons. The fraction of sp³-hybridized carbons (Fsp3) is 0.107. The van der Waals surface area contributed by atoms with Crippen molar-refractivity contribution in [3.8, 4) is 11.5 Å². The van der Waals surface area contributed by atoms with Crippen molar-refractivity contribution in [2.75, 3.05) is 24.3 Å². The van der Waals surface area contributed by atoms with Crippen LogP contribution in [0.4, 0.5) is 11.4 Å². The van der Waals surface area contributed by atoms with Crippen molar-refractivity contribution in [1.29, 1.82) is 0 Å². The van der Waals surface area contributed by atoms with Gasteiger partial charge in [-0.05, 0) is 54.1 Å². The number of benzene rings is 4. The fourth-order valence-corrected chi connectivity index (χ4v) is 5.59. The molecule has 0 aliphatic carbocycles. The highest BCUT2D eigenvalue weighted by atomic mass is 32.2. The van der Waals surface area contributed by atoms with Crippen LogP contribution < -0.4 is 19.5 Å². The zero-order valence-corrected chi connectivity index (χ0v) is 21.9. The molecule has 0 bridgehead atoms. The molecule has 0 heterocycles. The van der Waals surface area contributed by atoms with Crippen LogP contribution in [-0.2, 0) is 15.8 Å². The standard InChI is InChI=1S/C28H26N2O5S2/c1-34-22-14-17-25(26(18-22)35-2)30-37(32,33)23-15-12-21(13-16-23)29-28(31)24-10-6-7-11-27(24)36-19-20-8-4-3-5-9-20/h3-18,30H,19H2,1-2H3,(H,29,31). The average Bonchev–Trinajstić information content (AvgIpc) is 2.93. The van der Waals surface area contributed by atoms with Gasteiger partial charge in [0.2, 0.25) is 0 Å². The number of rotatable bonds is 10. The summed E-state index contributed by atoms with van der Waals surface area (Å²) in [5.41, 5.74) is 2.48. The number of hydrogen-bond donors (Lipinski definition) is 2. The number of carbonyl (C=O) groups excluding carboxylic acids is 1. The number of anilines is 2. The second-order valence-electron chi connectivity index (χ2n) is 7.92. The van der Waals surface area contributed by atoms with Gasteiger partial charge in [-0.25, -0.2) is 8.42 Å². The highest BCUT2D eigenvalue weighted by molar-refractivity contribution is 7.98. The van der Waals surface area contributed by atoms with E-state index in [9.17, 15) is 13.2 Å². The van der Waals surface area contributed by atoms with Crippen LogP contribution in [0.15, 0.2) is 107 Å². The summed E-state index contributed by atoms with van der Waals surface area (Å²) in [5, 5.41) is 2.85. The summed E-state index contributed by atoms with van der Waals surface area (Å²) in [4.78, 5) is 13.9. The minimum absolute atomic E-state index is 0.0437. The van der Waals surface area contributed by atoms with Crippen molar-refractivity contribution in [3.63, 3.8) is 0 Å². The molecular weight excluding hydrogens is 508 g/mol. The quantitative estimate of drug-likeness (QED) is 0.241. The summed E-state index contributed by atoms with van der Waals surface area (Å²) in [7, 11) is -0.928. The lowest BCUT2D eigenvalue weighted by molar-refractivity contribution is 0.102. The van der Waals surface area contributed by atoms with E-state index in [0.29, 0.717) is 22.7 Å². The Morgan fingerprint density at radius 2 is 1.54 bits per heavy atom. The van der Waals surface area contributed by atoms with Gasteiger partial charge < -0.3 is 14.8 Å². The first-order chi connectivity index (χ1) is 17.9. The molecule has 0 fully saturated rings. The highest BCUT2D eigenvalue weighted by Gasteiger charge is 2.18. The SMILES string of the molecule is COc1ccc(NS(=O)(=O)c2ccc(NC(=O)c3ccccc3SCc3ccccc3)cc2)c(OC)c1. The first kappa shape index (κ1) is 26.1. The molecule has 1 amide bonds. The Morgan fingerprint density at radius 1 is 0.838 bits per heavy atom. The number of nitrogens with one attached hydrogen (secondary N) is 2. The van der Waals surface area contributed by atoms with Crippen molar-refractivity contribution < 1.29 is 22.7 Å². The molecule has 0 radical (unpaired) electrons. The van der Waals surface area contributed by atoms with Gasteiger partial charge in [-0.1, -0.05) is 42.5 Å². The number of methoxy groups -OCH3 is 2. The number of ether oxygens (including phenoxy) is 2. The molecule has 4 aromatic rings. The molecule has 0 saturated heterocycles. The molecule has 2 N–H and O–H groups in total. The Morgan fingerprint density at radius 3 is 2.24 bits per heavy atom. The van der Waals surface area contributed by atoms with Crippen LogP contribution in [-0.4, -0.2) is 28.5 Å². The van der Waals surface area contributed by atoms with E-state index in [4.69, 9.17) is 9.47 Å². The van der Waals surface area contributed by atoms with Crippen LogP contribution >= 0.6 is 11.8 Å². The van der Waals surface area contributed by atoms with Crippen molar-refractivity contribution in [2.45, 2.75) is 15.5 Å². The second kappa shape index (κ2) is 11.9. The lowest BCUT2D eigenvalue weighted by Gasteiger charge is -2.13. The summed E-state index contributed by atoms with van der Waals surface area (Å²) in [6.45, 7) is 0. The van der Waals surface area contributed by atoms with Crippen molar-refractivity contribution in [2.24, 2.45) is 0 Å². The number of sulfonamides is 1. The zero-order chi connectivity index (χ0) is 26.3. The molecule has 0 aliphatic heterocycles. The molecule has 7 nitrogen and oxygen atoms in total. The molecule has 0 atom stereocenters. The molecule has 9 heteroatoms. The summed E-state index contributed by atoms with van der Waals surface area (Å²) in [6, 6.07) is 28.2. The van der Waals surface area contributed by atoms with Gasteiger partial charge in [0, 0.05) is 22.4 Å². The zero-order valence-electron chi connectivity index (χ0n) is 20.3. The van der Waals surface area contributed by atoms with Crippen LogP contribution in [0.1, 0.15) is 15.9 Å². The molecule has 0 unspecified atom stereocenters. The fourth-order valence-electron chi connectivity index (χ4n) is 3.52. The minimum Gasteiger partial charge on any atom is -0.497 e. The molecule has 0 aromatic heterocycles. The van der Waals surface area contributed by atoms with Crippen LogP contribution in [0.25, 0.3) is 0 Å². The Bertz CT molecular complexity index is 1470. The third-order valence-electron chi connectivity index (χ3n) is 5.44. The van der Waals surface area contributed by atoms with Crippen molar-refractivity contribution >= 4 is 39.1 Å². The summed E-state index contributed by atoms with van der Waals surface area (Å²) in [5.74, 6) is 1.34. The number of carbonyl (C=O) groups is 1. The van der Waals surface area contributed by atoms with Gasteiger partial charge in [0.25, 0.3) is 15.9 Å². The van der Waals surface area contributed by atoms with Gasteiger partial charge in [0.15, 0.2) is 0 Å². The maximum absolute atomic E-state index is 13.0. The second-order valence-corrected chi connectivity index (χ2v) is 10.6. The lowest BCUT2D eigenvalue weighted by atomic mass is 10.2. The van der Waals surface area contributed by atoms with Gasteiger partial charge >= 0.3 is 0 Å². The summed E-state index contributed by atoms with van der Waals surface area (Å²) in [6.07, 6.45) is 0. The molecule has 0 saturated carbocycles. The van der Waals surface area contributed by atoms with E-state index < -0.39 is 10.0 Å². The molecular formula is C28H26N2O5S2. The predicted octanol–water partition coefficient (Wildman–Crippen LogP) is 6.05. The van der Waals surface area contributed by atoms with Gasteiger partial charge in [-0.2, -0.15) is 0 Å². The Labute approximate surface area is 220 Å². The topological polar surface area (TPSA) is 93.7 Å². The van der Waals surface area contributed by atoms with E-state index in [1.54, 1.807) is 48.2 Å². The Kier molecular flexibility index (Phi) is 8.37. The van der Waals surface area contributed by atoms with Crippen LogP contribution in [0.3, 0.4) is 0 Å². The average molecular weight is 535 g/mol. The van der Waals surface area contributed by atoms with Gasteiger partial charge in [0.05, 0.1) is 30.4 Å². The van der Waals surface area contributed by atoms with Gasteiger partial charge in [0.1, 0.15) is 11.5 Å². The maximum atomic E-state index is 13.0. The predicted molar refractivity (Wildman–Crippen MR) is 147 cm³/mol. The first-order valence-corrected chi connectivity index (χ1v) is 13.8. The molecule has 0 aliphatic rings. The summed E-state index contributed by atoms with van der Waals surface area (Å²) < 4.78 is 38.8. The molecule has 0 spiro atoms. The van der Waals surface area contributed by atoms with Crippen molar-refractivity contribution in [3.05, 3.63) is 108 Å². The van der Waals surface area contributed by atoms with E-state index in [2.05, 4.69) is 10.0 Å². The van der Waals surface area contributed by atoms with Crippen LogP contribution in [0, 0.1) is 0 Å². The van der Waals surface area contributed by atoms with E-state index in [1.165, 1.54) is 31.9 Å². The van der Waals surface area contributed by atoms with E-state index in [1.807, 2.05) is 48.5 Å². The van der Waals surface area contributed by atoms with Gasteiger partial charge in [-0.3, -0.25) is 9.52 Å². The maximum Gasteiger partial charge on any atom is 0.262 e. The first-order valence-electron chi connectivity index (χ1n) is 11.3. The van der Waals surface area contributed by atoms with Gasteiger partial charge in [-0.15, -0.1) is 11.8 Å². The van der Waals surface area contributed by atoms with E-state index in [0.717, 1.165) is 10.6 Å². The van der Waals surface area contributed by atoms with Crippen LogP contribution in [0.5, 0.6) is 11.5 Å². The minimum atomic E-state index is -3.89.